The molecule has 0 fully saturated rings. The molecule has 0 aliphatic heterocycles. The zero-order valence-electron chi connectivity index (χ0n) is 11.7. The number of aromatic nitrogens is 1. The standard InChI is InChI=1S/C16H18N2O2/c1-3-4-12-5-7-13(8-6-12)18-16(20)14-10-17-11(2)9-15(14)19/h5-10H,3-4H2,1-2H3,(H,17,19)(H,18,20). The summed E-state index contributed by atoms with van der Waals surface area (Å²) in [6, 6.07) is 9.09. The maximum atomic E-state index is 12.0. The molecule has 1 aromatic heterocycles. The van der Waals surface area contributed by atoms with Crippen LogP contribution >= 0.6 is 0 Å². The first-order chi connectivity index (χ1) is 9.60. The van der Waals surface area contributed by atoms with Crippen molar-refractivity contribution in [3.8, 4) is 0 Å². The van der Waals surface area contributed by atoms with Crippen LogP contribution in [0, 0.1) is 6.92 Å². The lowest BCUT2D eigenvalue weighted by Gasteiger charge is -2.06. The van der Waals surface area contributed by atoms with Crippen molar-refractivity contribution in [1.29, 1.82) is 0 Å². The number of benzene rings is 1. The van der Waals surface area contributed by atoms with Crippen LogP contribution in [0.3, 0.4) is 0 Å². The Balaban J connectivity index is 2.13. The summed E-state index contributed by atoms with van der Waals surface area (Å²) in [4.78, 5) is 26.6. The van der Waals surface area contributed by atoms with Crippen molar-refractivity contribution in [1.82, 2.24) is 4.98 Å². The second-order valence-electron chi connectivity index (χ2n) is 4.79. The van der Waals surface area contributed by atoms with Gasteiger partial charge in [-0.3, -0.25) is 9.59 Å². The summed E-state index contributed by atoms with van der Waals surface area (Å²) < 4.78 is 0. The molecule has 1 aromatic carbocycles. The zero-order chi connectivity index (χ0) is 14.5. The van der Waals surface area contributed by atoms with Crippen LogP contribution in [0.2, 0.25) is 0 Å². The molecule has 2 aromatic rings. The molecular weight excluding hydrogens is 252 g/mol. The van der Waals surface area contributed by atoms with Gasteiger partial charge in [0.1, 0.15) is 5.56 Å². The fourth-order valence-electron chi connectivity index (χ4n) is 1.99. The average Bonchev–Trinajstić information content (AvgIpc) is 2.41. The van der Waals surface area contributed by atoms with Gasteiger partial charge >= 0.3 is 0 Å². The van der Waals surface area contributed by atoms with Crippen molar-refractivity contribution >= 4 is 11.6 Å². The highest BCUT2D eigenvalue weighted by atomic mass is 16.2. The van der Waals surface area contributed by atoms with E-state index < -0.39 is 5.91 Å². The summed E-state index contributed by atoms with van der Waals surface area (Å²) in [5, 5.41) is 2.73. The number of pyridine rings is 1. The largest absolute Gasteiger partial charge is 0.364 e. The number of aromatic amines is 1. The minimum atomic E-state index is -0.394. The van der Waals surface area contributed by atoms with E-state index in [1.807, 2.05) is 24.3 Å². The molecule has 0 atom stereocenters. The number of amides is 1. The van der Waals surface area contributed by atoms with Crippen molar-refractivity contribution in [2.45, 2.75) is 26.7 Å². The molecule has 2 rings (SSSR count). The van der Waals surface area contributed by atoms with Gasteiger partial charge in [0.05, 0.1) is 0 Å². The maximum absolute atomic E-state index is 12.0. The van der Waals surface area contributed by atoms with E-state index >= 15 is 0 Å². The molecular formula is C16H18N2O2. The number of hydrogen-bond donors (Lipinski definition) is 2. The summed E-state index contributed by atoms with van der Waals surface area (Å²) in [5.74, 6) is -0.394. The topological polar surface area (TPSA) is 62.0 Å². The van der Waals surface area contributed by atoms with Crippen molar-refractivity contribution in [2.75, 3.05) is 5.32 Å². The van der Waals surface area contributed by atoms with Gasteiger partial charge in [-0.1, -0.05) is 25.5 Å². The van der Waals surface area contributed by atoms with Gasteiger partial charge in [0.2, 0.25) is 0 Å². The Labute approximate surface area is 117 Å². The summed E-state index contributed by atoms with van der Waals surface area (Å²) in [7, 11) is 0. The van der Waals surface area contributed by atoms with Crippen LogP contribution in [0.15, 0.2) is 41.3 Å². The molecule has 2 N–H and O–H groups in total. The molecule has 104 valence electrons. The van der Waals surface area contributed by atoms with Gasteiger partial charge in [0, 0.05) is 23.6 Å². The molecule has 1 amide bonds. The highest BCUT2D eigenvalue weighted by Gasteiger charge is 2.10. The molecule has 4 nitrogen and oxygen atoms in total. The Bertz CT molecular complexity index is 657. The minimum Gasteiger partial charge on any atom is -0.364 e. The fourth-order valence-corrected chi connectivity index (χ4v) is 1.99. The van der Waals surface area contributed by atoms with Gasteiger partial charge < -0.3 is 10.3 Å². The third-order valence-electron chi connectivity index (χ3n) is 3.05. The fraction of sp³-hybridized carbons (Fsp3) is 0.250. The van der Waals surface area contributed by atoms with Gasteiger partial charge in [-0.05, 0) is 31.0 Å². The van der Waals surface area contributed by atoms with Crippen LogP contribution in [0.1, 0.15) is 35.0 Å². The first-order valence-electron chi connectivity index (χ1n) is 6.69. The zero-order valence-corrected chi connectivity index (χ0v) is 11.7. The number of hydrogen-bond acceptors (Lipinski definition) is 2. The monoisotopic (exact) mass is 270 g/mol. The number of aryl methyl sites for hydroxylation is 2. The molecule has 20 heavy (non-hydrogen) atoms. The van der Waals surface area contributed by atoms with Gasteiger partial charge in [-0.2, -0.15) is 0 Å². The number of rotatable bonds is 4. The predicted molar refractivity (Wildman–Crippen MR) is 80.2 cm³/mol. The highest BCUT2D eigenvalue weighted by Crippen LogP contribution is 2.11. The first-order valence-corrected chi connectivity index (χ1v) is 6.69. The molecule has 0 saturated carbocycles. The molecule has 1 heterocycles. The van der Waals surface area contributed by atoms with Gasteiger partial charge in [-0.25, -0.2) is 0 Å². The second kappa shape index (κ2) is 6.19. The summed E-state index contributed by atoms with van der Waals surface area (Å²) in [6.07, 6.45) is 3.55. The molecule has 0 saturated heterocycles. The predicted octanol–water partition coefficient (Wildman–Crippen LogP) is 2.89. The second-order valence-corrected chi connectivity index (χ2v) is 4.79. The van der Waals surface area contributed by atoms with E-state index in [2.05, 4.69) is 17.2 Å². The lowest BCUT2D eigenvalue weighted by Crippen LogP contribution is -2.21. The van der Waals surface area contributed by atoms with Crippen molar-refractivity contribution < 1.29 is 4.79 Å². The Kier molecular flexibility index (Phi) is 4.35. The van der Waals surface area contributed by atoms with Gasteiger partial charge in [0.25, 0.3) is 5.91 Å². The van der Waals surface area contributed by atoms with E-state index in [9.17, 15) is 9.59 Å². The van der Waals surface area contributed by atoms with Crippen LogP contribution < -0.4 is 10.7 Å². The van der Waals surface area contributed by atoms with E-state index in [-0.39, 0.29) is 11.0 Å². The molecule has 0 radical (unpaired) electrons. The van der Waals surface area contributed by atoms with Crippen LogP contribution in [0.4, 0.5) is 5.69 Å². The Morgan fingerprint density at radius 2 is 1.95 bits per heavy atom. The maximum Gasteiger partial charge on any atom is 0.261 e. The summed E-state index contributed by atoms with van der Waals surface area (Å²) in [5.41, 5.74) is 2.50. The Hall–Kier alpha value is -2.36. The Morgan fingerprint density at radius 3 is 2.55 bits per heavy atom. The van der Waals surface area contributed by atoms with Crippen molar-refractivity contribution in [3.05, 3.63) is 63.6 Å². The van der Waals surface area contributed by atoms with Crippen molar-refractivity contribution in [2.24, 2.45) is 0 Å². The normalized spacial score (nSPS) is 10.3. The van der Waals surface area contributed by atoms with Gasteiger partial charge in [0.15, 0.2) is 5.43 Å². The van der Waals surface area contributed by atoms with Crippen LogP contribution in [0.5, 0.6) is 0 Å². The van der Waals surface area contributed by atoms with E-state index in [0.29, 0.717) is 5.69 Å². The van der Waals surface area contributed by atoms with Crippen LogP contribution in [-0.2, 0) is 6.42 Å². The lowest BCUT2D eigenvalue weighted by atomic mass is 10.1. The smallest absolute Gasteiger partial charge is 0.261 e. The summed E-state index contributed by atoms with van der Waals surface area (Å²) >= 11 is 0. The first kappa shape index (κ1) is 14.1. The van der Waals surface area contributed by atoms with E-state index in [4.69, 9.17) is 0 Å². The van der Waals surface area contributed by atoms with E-state index in [1.54, 1.807) is 6.92 Å². The average molecular weight is 270 g/mol. The van der Waals surface area contributed by atoms with E-state index in [0.717, 1.165) is 18.5 Å². The number of nitrogens with one attached hydrogen (secondary N) is 2. The molecule has 0 bridgehead atoms. The Morgan fingerprint density at radius 1 is 1.25 bits per heavy atom. The lowest BCUT2D eigenvalue weighted by molar-refractivity contribution is 0.102. The number of anilines is 1. The van der Waals surface area contributed by atoms with E-state index in [1.165, 1.54) is 17.8 Å². The van der Waals surface area contributed by atoms with Gasteiger partial charge in [-0.15, -0.1) is 0 Å². The molecule has 4 heteroatoms. The van der Waals surface area contributed by atoms with Crippen molar-refractivity contribution in [3.63, 3.8) is 0 Å². The molecule has 0 spiro atoms. The summed E-state index contributed by atoms with van der Waals surface area (Å²) in [6.45, 7) is 3.90. The SMILES string of the molecule is CCCc1ccc(NC(=O)c2c[nH]c(C)cc2=O)cc1. The minimum absolute atomic E-state index is 0.119. The third kappa shape index (κ3) is 3.35. The van der Waals surface area contributed by atoms with Crippen LogP contribution in [-0.4, -0.2) is 10.9 Å². The van der Waals surface area contributed by atoms with Crippen LogP contribution in [0.25, 0.3) is 0 Å². The number of carbonyl (C=O) groups excluding carboxylic acids is 1. The highest BCUT2D eigenvalue weighted by molar-refractivity contribution is 6.03. The quantitative estimate of drug-likeness (QED) is 0.897. The molecule has 0 aliphatic rings. The molecule has 0 aliphatic carbocycles. The number of carbonyl (C=O) groups is 1. The molecule has 0 unspecified atom stereocenters. The third-order valence-corrected chi connectivity index (χ3v) is 3.05. The number of H-pyrrole nitrogens is 1.